The van der Waals surface area contributed by atoms with Gasteiger partial charge in [-0.05, 0) is 30.5 Å². The van der Waals surface area contributed by atoms with Gasteiger partial charge in [-0.25, -0.2) is 0 Å². The second-order valence-corrected chi connectivity index (χ2v) is 6.04. The molecule has 1 aliphatic rings. The fraction of sp³-hybridized carbons (Fsp3) is 0.353. The molecule has 1 aromatic heterocycles. The summed E-state index contributed by atoms with van der Waals surface area (Å²) in [6, 6.07) is 7.50. The van der Waals surface area contributed by atoms with Crippen molar-refractivity contribution in [1.29, 1.82) is 0 Å². The maximum absolute atomic E-state index is 12.0. The number of halogens is 1. The van der Waals surface area contributed by atoms with Gasteiger partial charge >= 0.3 is 0 Å². The third-order valence-electron chi connectivity index (χ3n) is 3.98. The van der Waals surface area contributed by atoms with Crippen molar-refractivity contribution in [2.75, 3.05) is 6.54 Å². The Morgan fingerprint density at radius 1 is 1.39 bits per heavy atom. The normalized spacial score (nSPS) is 13.9. The van der Waals surface area contributed by atoms with E-state index < -0.39 is 0 Å². The Balaban J connectivity index is 1.55. The van der Waals surface area contributed by atoms with Crippen molar-refractivity contribution >= 4 is 23.1 Å². The predicted molar refractivity (Wildman–Crippen MR) is 90.2 cm³/mol. The Kier molecular flexibility index (Phi) is 4.76. The van der Waals surface area contributed by atoms with Crippen molar-refractivity contribution < 1.29 is 4.79 Å². The van der Waals surface area contributed by atoms with Gasteiger partial charge in [0.25, 0.3) is 0 Å². The molecule has 23 heavy (non-hydrogen) atoms. The number of nitrogens with zero attached hydrogens (tertiary/aromatic N) is 3. The van der Waals surface area contributed by atoms with Gasteiger partial charge in [-0.2, -0.15) is 0 Å². The van der Waals surface area contributed by atoms with E-state index in [4.69, 9.17) is 11.6 Å². The summed E-state index contributed by atoms with van der Waals surface area (Å²) in [5.41, 5.74) is 1.72. The van der Waals surface area contributed by atoms with Crippen LogP contribution in [-0.4, -0.2) is 27.2 Å². The number of allylic oxidation sites excluding steroid dienone is 1. The third kappa shape index (κ3) is 3.62. The summed E-state index contributed by atoms with van der Waals surface area (Å²) in [6.45, 7) is 3.41. The second-order valence-electron chi connectivity index (χ2n) is 5.64. The highest BCUT2D eigenvalue weighted by Gasteiger charge is 2.16. The SMILES string of the molecule is C/C(=C\C(=O)NCCc1nnc2n1CCC2)c1ccccc1Cl. The third-order valence-corrected chi connectivity index (χ3v) is 4.31. The number of amides is 1. The zero-order chi connectivity index (χ0) is 16.2. The summed E-state index contributed by atoms with van der Waals surface area (Å²) < 4.78 is 2.15. The molecule has 2 heterocycles. The van der Waals surface area contributed by atoms with E-state index in [1.807, 2.05) is 31.2 Å². The van der Waals surface area contributed by atoms with E-state index in [1.54, 1.807) is 6.08 Å². The largest absolute Gasteiger partial charge is 0.352 e. The molecular formula is C17H19ClN4O. The average molecular weight is 331 g/mol. The first-order valence-corrected chi connectivity index (χ1v) is 8.15. The van der Waals surface area contributed by atoms with Gasteiger partial charge < -0.3 is 9.88 Å². The molecule has 3 rings (SSSR count). The number of aryl methyl sites for hydroxylation is 1. The van der Waals surface area contributed by atoms with Crippen molar-refractivity contribution in [3.8, 4) is 0 Å². The molecule has 0 fully saturated rings. The molecule has 0 saturated carbocycles. The number of rotatable bonds is 5. The number of hydrogen-bond donors (Lipinski definition) is 1. The van der Waals surface area contributed by atoms with E-state index in [-0.39, 0.29) is 5.91 Å². The molecule has 1 amide bonds. The van der Waals surface area contributed by atoms with Crippen LogP contribution in [0.5, 0.6) is 0 Å². The Hall–Kier alpha value is -2.14. The number of nitrogens with one attached hydrogen (secondary N) is 1. The van der Waals surface area contributed by atoms with Crippen LogP contribution in [0.1, 0.15) is 30.6 Å². The highest BCUT2D eigenvalue weighted by Crippen LogP contribution is 2.22. The van der Waals surface area contributed by atoms with Crippen molar-refractivity contribution in [3.63, 3.8) is 0 Å². The van der Waals surface area contributed by atoms with Gasteiger partial charge in [0.15, 0.2) is 0 Å². The minimum atomic E-state index is -0.122. The lowest BCUT2D eigenvalue weighted by Crippen LogP contribution is -2.24. The lowest BCUT2D eigenvalue weighted by Gasteiger charge is -2.06. The van der Waals surface area contributed by atoms with Crippen molar-refractivity contribution in [2.45, 2.75) is 32.7 Å². The molecule has 0 saturated heterocycles. The van der Waals surface area contributed by atoms with Gasteiger partial charge in [0.2, 0.25) is 5.91 Å². The van der Waals surface area contributed by atoms with Crippen LogP contribution in [0.4, 0.5) is 0 Å². The number of aromatic nitrogens is 3. The van der Waals surface area contributed by atoms with Crippen LogP contribution in [0.2, 0.25) is 5.02 Å². The molecule has 1 aliphatic heterocycles. The molecule has 0 radical (unpaired) electrons. The number of carbonyl (C=O) groups is 1. The van der Waals surface area contributed by atoms with E-state index in [1.165, 1.54) is 0 Å². The molecule has 5 nitrogen and oxygen atoms in total. The lowest BCUT2D eigenvalue weighted by molar-refractivity contribution is -0.116. The molecule has 6 heteroatoms. The first kappa shape index (κ1) is 15.7. The van der Waals surface area contributed by atoms with E-state index >= 15 is 0 Å². The molecular weight excluding hydrogens is 312 g/mol. The van der Waals surface area contributed by atoms with E-state index in [0.29, 0.717) is 18.0 Å². The van der Waals surface area contributed by atoms with Crippen LogP contribution >= 0.6 is 11.6 Å². The zero-order valence-electron chi connectivity index (χ0n) is 13.1. The molecule has 0 bridgehead atoms. The number of fused-ring (bicyclic) bond motifs is 1. The Morgan fingerprint density at radius 2 is 2.22 bits per heavy atom. The van der Waals surface area contributed by atoms with Gasteiger partial charge in [-0.15, -0.1) is 10.2 Å². The van der Waals surface area contributed by atoms with Crippen LogP contribution in [0.25, 0.3) is 5.57 Å². The second kappa shape index (κ2) is 6.96. The monoisotopic (exact) mass is 330 g/mol. The summed E-state index contributed by atoms with van der Waals surface area (Å²) in [4.78, 5) is 12.0. The quantitative estimate of drug-likeness (QED) is 0.857. The van der Waals surface area contributed by atoms with E-state index in [0.717, 1.165) is 42.2 Å². The minimum absolute atomic E-state index is 0.122. The Bertz CT molecular complexity index is 751. The first-order valence-electron chi connectivity index (χ1n) is 7.77. The van der Waals surface area contributed by atoms with Gasteiger partial charge in [-0.1, -0.05) is 29.8 Å². The zero-order valence-corrected chi connectivity index (χ0v) is 13.8. The van der Waals surface area contributed by atoms with Gasteiger partial charge in [-0.3, -0.25) is 4.79 Å². The standard InChI is InChI=1S/C17H19ClN4O/c1-12(13-5-2-3-6-14(13)18)11-17(23)19-9-8-16-21-20-15-7-4-10-22(15)16/h2-3,5-6,11H,4,7-10H2,1H3,(H,19,23)/b12-11+. The predicted octanol–water partition coefficient (Wildman–Crippen LogP) is 2.64. The molecule has 1 N–H and O–H groups in total. The van der Waals surface area contributed by atoms with Gasteiger partial charge in [0.1, 0.15) is 11.6 Å². The van der Waals surface area contributed by atoms with Crippen molar-refractivity contribution in [2.24, 2.45) is 0 Å². The number of carbonyl (C=O) groups excluding carboxylic acids is 1. The summed E-state index contributed by atoms with van der Waals surface area (Å²) in [5.74, 6) is 1.88. The molecule has 0 spiro atoms. The average Bonchev–Trinajstić information content (AvgIpc) is 3.12. The molecule has 0 unspecified atom stereocenters. The number of benzene rings is 1. The topological polar surface area (TPSA) is 59.8 Å². The summed E-state index contributed by atoms with van der Waals surface area (Å²) in [6.07, 6.45) is 4.40. The molecule has 2 aromatic rings. The maximum atomic E-state index is 12.0. The highest BCUT2D eigenvalue weighted by molar-refractivity contribution is 6.32. The minimum Gasteiger partial charge on any atom is -0.352 e. The van der Waals surface area contributed by atoms with Crippen LogP contribution in [0, 0.1) is 0 Å². The van der Waals surface area contributed by atoms with E-state index in [2.05, 4.69) is 20.1 Å². The number of hydrogen-bond acceptors (Lipinski definition) is 3. The van der Waals surface area contributed by atoms with Gasteiger partial charge in [0, 0.05) is 37.0 Å². The lowest BCUT2D eigenvalue weighted by atomic mass is 10.1. The van der Waals surface area contributed by atoms with Crippen LogP contribution < -0.4 is 5.32 Å². The Morgan fingerprint density at radius 3 is 3.04 bits per heavy atom. The first-order chi connectivity index (χ1) is 11.1. The molecule has 1 aromatic carbocycles. The molecule has 0 aliphatic carbocycles. The molecule has 0 atom stereocenters. The van der Waals surface area contributed by atoms with Gasteiger partial charge in [0.05, 0.1) is 0 Å². The van der Waals surface area contributed by atoms with Crippen molar-refractivity contribution in [1.82, 2.24) is 20.1 Å². The van der Waals surface area contributed by atoms with Crippen LogP contribution in [0.15, 0.2) is 30.3 Å². The van der Waals surface area contributed by atoms with Crippen molar-refractivity contribution in [3.05, 3.63) is 52.6 Å². The smallest absolute Gasteiger partial charge is 0.244 e. The van der Waals surface area contributed by atoms with Crippen LogP contribution in [0.3, 0.4) is 0 Å². The Labute approximate surface area is 140 Å². The summed E-state index contributed by atoms with van der Waals surface area (Å²) in [5, 5.41) is 11.9. The fourth-order valence-corrected chi connectivity index (χ4v) is 3.08. The molecule has 120 valence electrons. The fourth-order valence-electron chi connectivity index (χ4n) is 2.80. The maximum Gasteiger partial charge on any atom is 0.244 e. The summed E-state index contributed by atoms with van der Waals surface area (Å²) >= 11 is 6.14. The summed E-state index contributed by atoms with van der Waals surface area (Å²) in [7, 11) is 0. The van der Waals surface area contributed by atoms with E-state index in [9.17, 15) is 4.79 Å². The van der Waals surface area contributed by atoms with Crippen LogP contribution in [-0.2, 0) is 24.2 Å². The highest BCUT2D eigenvalue weighted by atomic mass is 35.5.